The van der Waals surface area contributed by atoms with Gasteiger partial charge in [0.25, 0.3) is 0 Å². The molecule has 2 N–H and O–H groups in total. The monoisotopic (exact) mass is 255 g/mol. The van der Waals surface area contributed by atoms with E-state index in [2.05, 4.69) is 26.1 Å². The highest BCUT2D eigenvalue weighted by molar-refractivity contribution is 6.31. The smallest absolute Gasteiger partial charge is 0.0669 e. The van der Waals surface area contributed by atoms with Crippen molar-refractivity contribution in [2.45, 2.75) is 39.8 Å². The van der Waals surface area contributed by atoms with Gasteiger partial charge in [-0.3, -0.25) is 0 Å². The third-order valence-electron chi connectivity index (χ3n) is 2.50. The minimum Gasteiger partial charge on any atom is -0.392 e. The minimum atomic E-state index is -0.308. The molecule has 0 fully saturated rings. The van der Waals surface area contributed by atoms with Crippen LogP contribution in [0.5, 0.6) is 0 Å². The van der Waals surface area contributed by atoms with Gasteiger partial charge >= 0.3 is 0 Å². The Bertz CT molecular complexity index is 346. The average Bonchev–Trinajstić information content (AvgIpc) is 2.18. The lowest BCUT2D eigenvalue weighted by molar-refractivity contribution is 0.119. The fourth-order valence-corrected chi connectivity index (χ4v) is 2.00. The summed E-state index contributed by atoms with van der Waals surface area (Å²) in [6, 6.07) is 7.75. The normalized spacial score (nSPS) is 13.7. The molecule has 0 aliphatic heterocycles. The van der Waals surface area contributed by atoms with Crippen molar-refractivity contribution in [3.05, 3.63) is 34.9 Å². The number of aliphatic hydroxyl groups excluding tert-OH is 1. The molecule has 0 radical (unpaired) electrons. The quantitative estimate of drug-likeness (QED) is 0.847. The van der Waals surface area contributed by atoms with Crippen LogP contribution in [0.25, 0.3) is 0 Å². The van der Waals surface area contributed by atoms with Gasteiger partial charge in [0.2, 0.25) is 0 Å². The largest absolute Gasteiger partial charge is 0.392 e. The first-order valence-electron chi connectivity index (χ1n) is 6.01. The Labute approximate surface area is 109 Å². The van der Waals surface area contributed by atoms with Crippen LogP contribution < -0.4 is 5.32 Å². The molecule has 96 valence electrons. The Morgan fingerprint density at radius 2 is 1.94 bits per heavy atom. The lowest BCUT2D eigenvalue weighted by Crippen LogP contribution is -2.29. The van der Waals surface area contributed by atoms with Crippen LogP contribution in [0.3, 0.4) is 0 Å². The molecule has 1 rings (SSSR count). The van der Waals surface area contributed by atoms with Gasteiger partial charge < -0.3 is 10.4 Å². The first kappa shape index (κ1) is 14.5. The van der Waals surface area contributed by atoms with Crippen molar-refractivity contribution in [1.82, 2.24) is 5.32 Å². The summed E-state index contributed by atoms with van der Waals surface area (Å²) in [6.07, 6.45) is 0.486. The summed E-state index contributed by atoms with van der Waals surface area (Å²) < 4.78 is 0. The molecule has 17 heavy (non-hydrogen) atoms. The predicted octanol–water partition coefficient (Wildman–Crippen LogP) is 3.23. The van der Waals surface area contributed by atoms with E-state index in [1.54, 1.807) is 0 Å². The van der Waals surface area contributed by atoms with E-state index in [0.29, 0.717) is 13.1 Å². The van der Waals surface area contributed by atoms with Crippen LogP contribution in [0.15, 0.2) is 24.3 Å². The highest BCUT2D eigenvalue weighted by atomic mass is 35.5. The zero-order valence-electron chi connectivity index (χ0n) is 10.8. The van der Waals surface area contributed by atoms with E-state index in [4.69, 9.17) is 11.6 Å². The molecular formula is C14H22ClNO. The lowest BCUT2D eigenvalue weighted by atomic mass is 9.89. The molecule has 3 heteroatoms. The molecule has 0 bridgehead atoms. The van der Waals surface area contributed by atoms with E-state index in [9.17, 15) is 5.11 Å². The lowest BCUT2D eigenvalue weighted by Gasteiger charge is -2.22. The molecule has 0 saturated carbocycles. The van der Waals surface area contributed by atoms with Gasteiger partial charge in [-0.2, -0.15) is 0 Å². The van der Waals surface area contributed by atoms with Crippen LogP contribution in [0.4, 0.5) is 0 Å². The topological polar surface area (TPSA) is 32.3 Å². The van der Waals surface area contributed by atoms with E-state index in [0.717, 1.165) is 17.0 Å². The molecule has 0 aliphatic rings. The average molecular weight is 256 g/mol. The Morgan fingerprint density at radius 1 is 1.29 bits per heavy atom. The third-order valence-corrected chi connectivity index (χ3v) is 2.87. The van der Waals surface area contributed by atoms with Crippen molar-refractivity contribution in [2.75, 3.05) is 6.54 Å². The van der Waals surface area contributed by atoms with Crippen LogP contribution >= 0.6 is 11.6 Å². The Kier molecular flexibility index (Phi) is 5.44. The summed E-state index contributed by atoms with van der Waals surface area (Å²) in [5, 5.41) is 13.8. The Morgan fingerprint density at radius 3 is 2.53 bits per heavy atom. The standard InChI is InChI=1S/C14H22ClNO/c1-14(2,3)8-12(17)10-16-9-11-6-4-5-7-13(11)15/h4-7,12,16-17H,8-10H2,1-3H3. The van der Waals surface area contributed by atoms with Gasteiger partial charge in [0, 0.05) is 18.1 Å². The van der Waals surface area contributed by atoms with E-state index in [-0.39, 0.29) is 11.5 Å². The summed E-state index contributed by atoms with van der Waals surface area (Å²) in [5.41, 5.74) is 1.23. The van der Waals surface area contributed by atoms with Crippen molar-refractivity contribution in [3.63, 3.8) is 0 Å². The molecule has 1 unspecified atom stereocenters. The molecule has 0 spiro atoms. The van der Waals surface area contributed by atoms with Crippen LogP contribution in [-0.4, -0.2) is 17.8 Å². The zero-order valence-corrected chi connectivity index (χ0v) is 11.6. The van der Waals surface area contributed by atoms with Gasteiger partial charge in [0.1, 0.15) is 0 Å². The van der Waals surface area contributed by atoms with Gasteiger partial charge in [0.05, 0.1) is 6.10 Å². The third kappa shape index (κ3) is 6.06. The number of benzene rings is 1. The van der Waals surface area contributed by atoms with Gasteiger partial charge in [-0.05, 0) is 23.5 Å². The minimum absolute atomic E-state index is 0.158. The molecular weight excluding hydrogens is 234 g/mol. The van der Waals surface area contributed by atoms with Crippen molar-refractivity contribution in [2.24, 2.45) is 5.41 Å². The summed E-state index contributed by atoms with van der Waals surface area (Å²) in [4.78, 5) is 0. The number of rotatable bonds is 5. The highest BCUT2D eigenvalue weighted by Gasteiger charge is 2.16. The first-order chi connectivity index (χ1) is 7.88. The summed E-state index contributed by atoms with van der Waals surface area (Å²) in [7, 11) is 0. The van der Waals surface area contributed by atoms with Crippen molar-refractivity contribution in [1.29, 1.82) is 0 Å². The second-order valence-corrected chi connectivity index (χ2v) is 6.05. The molecule has 1 aromatic carbocycles. The van der Waals surface area contributed by atoms with Crippen LogP contribution in [0.2, 0.25) is 5.02 Å². The van der Waals surface area contributed by atoms with E-state index in [1.165, 1.54) is 0 Å². The fourth-order valence-electron chi connectivity index (χ4n) is 1.79. The van der Waals surface area contributed by atoms with Crippen LogP contribution in [-0.2, 0) is 6.54 Å². The Hall–Kier alpha value is -0.570. The number of nitrogens with one attached hydrogen (secondary N) is 1. The summed E-state index contributed by atoms with van der Waals surface area (Å²) in [6.45, 7) is 7.68. The molecule has 0 aromatic heterocycles. The second kappa shape index (κ2) is 6.39. The van der Waals surface area contributed by atoms with Gasteiger partial charge in [-0.1, -0.05) is 50.6 Å². The first-order valence-corrected chi connectivity index (χ1v) is 6.38. The zero-order chi connectivity index (χ0) is 12.9. The highest BCUT2D eigenvalue weighted by Crippen LogP contribution is 2.20. The van der Waals surface area contributed by atoms with Crippen LogP contribution in [0.1, 0.15) is 32.8 Å². The van der Waals surface area contributed by atoms with E-state index >= 15 is 0 Å². The van der Waals surface area contributed by atoms with Crippen LogP contribution in [0, 0.1) is 5.41 Å². The maximum absolute atomic E-state index is 9.84. The number of aliphatic hydroxyl groups is 1. The molecule has 1 atom stereocenters. The molecule has 0 amide bonds. The fraction of sp³-hybridized carbons (Fsp3) is 0.571. The van der Waals surface area contributed by atoms with Crippen molar-refractivity contribution < 1.29 is 5.11 Å². The molecule has 1 aromatic rings. The summed E-state index contributed by atoms with van der Waals surface area (Å²) in [5.74, 6) is 0. The molecule has 0 aliphatic carbocycles. The number of hydrogen-bond donors (Lipinski definition) is 2. The predicted molar refractivity (Wildman–Crippen MR) is 73.2 cm³/mol. The molecule has 2 nitrogen and oxygen atoms in total. The SMILES string of the molecule is CC(C)(C)CC(O)CNCc1ccccc1Cl. The van der Waals surface area contributed by atoms with Gasteiger partial charge in [0.15, 0.2) is 0 Å². The second-order valence-electron chi connectivity index (χ2n) is 5.64. The number of hydrogen-bond acceptors (Lipinski definition) is 2. The summed E-state index contributed by atoms with van der Waals surface area (Å²) >= 11 is 6.04. The Balaban J connectivity index is 2.31. The van der Waals surface area contributed by atoms with Gasteiger partial charge in [-0.25, -0.2) is 0 Å². The van der Waals surface area contributed by atoms with E-state index < -0.39 is 0 Å². The molecule has 0 saturated heterocycles. The molecule has 0 heterocycles. The van der Waals surface area contributed by atoms with Crippen molar-refractivity contribution >= 4 is 11.6 Å². The van der Waals surface area contributed by atoms with Crippen molar-refractivity contribution in [3.8, 4) is 0 Å². The van der Waals surface area contributed by atoms with E-state index in [1.807, 2.05) is 24.3 Å². The maximum Gasteiger partial charge on any atom is 0.0669 e. The number of halogens is 1. The maximum atomic E-state index is 9.84. The van der Waals surface area contributed by atoms with Gasteiger partial charge in [-0.15, -0.1) is 0 Å².